The van der Waals surface area contributed by atoms with Crippen LogP contribution in [0, 0.1) is 0 Å². The molecule has 0 aromatic heterocycles. The number of carbonyl (C=O) groups is 3. The molecule has 7 heteroatoms. The second-order valence-corrected chi connectivity index (χ2v) is 6.76. The molecule has 2 atom stereocenters. The van der Waals surface area contributed by atoms with Gasteiger partial charge in [0, 0.05) is 13.0 Å². The molecule has 3 rings (SSSR count). The summed E-state index contributed by atoms with van der Waals surface area (Å²) in [6, 6.07) is 18.0. The lowest BCUT2D eigenvalue weighted by Crippen LogP contribution is -2.53. The van der Waals surface area contributed by atoms with Crippen molar-refractivity contribution in [3.05, 3.63) is 71.8 Å². The molecule has 1 saturated heterocycles. The maximum Gasteiger partial charge on any atom is 0.350 e. The Morgan fingerprint density at radius 3 is 2.17 bits per heavy atom. The molecule has 0 bridgehead atoms. The van der Waals surface area contributed by atoms with Gasteiger partial charge in [-0.15, -0.1) is 0 Å². The molecule has 2 amide bonds. The average Bonchev–Trinajstić information content (AvgIpc) is 3.55. The highest BCUT2D eigenvalue weighted by Crippen LogP contribution is 2.29. The van der Waals surface area contributed by atoms with Gasteiger partial charge in [-0.2, -0.15) is 0 Å². The average molecular weight is 396 g/mol. The third-order valence-corrected chi connectivity index (χ3v) is 4.62. The number of benzene rings is 2. The number of epoxide rings is 1. The van der Waals surface area contributed by atoms with Gasteiger partial charge in [-0.1, -0.05) is 60.7 Å². The SMILES string of the molecule is CCOC(=O)C1(C(=O)N[C@@H](Cc2ccccc2)C(=O)NCc2ccccc2)CO1. The summed E-state index contributed by atoms with van der Waals surface area (Å²) in [6.07, 6.45) is 0.284. The van der Waals surface area contributed by atoms with E-state index >= 15 is 0 Å². The van der Waals surface area contributed by atoms with E-state index in [2.05, 4.69) is 10.6 Å². The largest absolute Gasteiger partial charge is 0.463 e. The molecule has 1 unspecified atom stereocenters. The molecule has 1 aliphatic heterocycles. The van der Waals surface area contributed by atoms with Crippen LogP contribution >= 0.6 is 0 Å². The molecule has 0 aliphatic carbocycles. The summed E-state index contributed by atoms with van der Waals surface area (Å²) in [4.78, 5) is 37.6. The Morgan fingerprint density at radius 1 is 1.03 bits per heavy atom. The van der Waals surface area contributed by atoms with Crippen molar-refractivity contribution in [2.75, 3.05) is 13.2 Å². The monoisotopic (exact) mass is 396 g/mol. The van der Waals surface area contributed by atoms with Crippen LogP contribution in [0.3, 0.4) is 0 Å². The van der Waals surface area contributed by atoms with Crippen molar-refractivity contribution in [2.24, 2.45) is 0 Å². The van der Waals surface area contributed by atoms with Gasteiger partial charge in [0.1, 0.15) is 6.04 Å². The molecule has 1 heterocycles. The van der Waals surface area contributed by atoms with Gasteiger partial charge in [0.15, 0.2) is 0 Å². The molecule has 2 aromatic rings. The van der Waals surface area contributed by atoms with Gasteiger partial charge in [-0.05, 0) is 18.1 Å². The van der Waals surface area contributed by atoms with Crippen molar-refractivity contribution in [3.8, 4) is 0 Å². The quantitative estimate of drug-likeness (QED) is 0.379. The first-order valence-corrected chi connectivity index (χ1v) is 9.53. The highest BCUT2D eigenvalue weighted by atomic mass is 16.6. The maximum atomic E-state index is 12.8. The standard InChI is InChI=1S/C22H24N2O5/c1-2-28-21(27)22(15-29-22)20(26)24-18(13-16-9-5-3-6-10-16)19(25)23-14-17-11-7-4-8-12-17/h3-12,18H,2,13-15H2,1H3,(H,23,25)(H,24,26)/t18-,22?/m0/s1. The fourth-order valence-corrected chi connectivity index (χ4v) is 2.90. The van der Waals surface area contributed by atoms with Crippen molar-refractivity contribution in [1.29, 1.82) is 0 Å². The fraction of sp³-hybridized carbons (Fsp3) is 0.318. The van der Waals surface area contributed by atoms with Crippen LogP contribution in [0.1, 0.15) is 18.1 Å². The molecule has 2 N–H and O–H groups in total. The Bertz CT molecular complexity index is 850. The lowest BCUT2D eigenvalue weighted by atomic mass is 10.0. The second kappa shape index (κ2) is 9.34. The summed E-state index contributed by atoms with van der Waals surface area (Å²) in [5, 5.41) is 5.51. The minimum Gasteiger partial charge on any atom is -0.463 e. The Labute approximate surface area is 169 Å². The highest BCUT2D eigenvalue weighted by Gasteiger charge is 2.61. The maximum absolute atomic E-state index is 12.8. The van der Waals surface area contributed by atoms with Gasteiger partial charge in [0.25, 0.3) is 11.5 Å². The van der Waals surface area contributed by atoms with Crippen molar-refractivity contribution < 1.29 is 23.9 Å². The van der Waals surface area contributed by atoms with Crippen LogP contribution in [0.4, 0.5) is 0 Å². The van der Waals surface area contributed by atoms with Crippen LogP contribution < -0.4 is 10.6 Å². The van der Waals surface area contributed by atoms with Crippen LogP contribution in [0.25, 0.3) is 0 Å². The van der Waals surface area contributed by atoms with E-state index in [1.54, 1.807) is 6.92 Å². The van der Waals surface area contributed by atoms with Crippen LogP contribution in [-0.2, 0) is 36.8 Å². The number of hydrogen-bond donors (Lipinski definition) is 2. The number of rotatable bonds is 9. The zero-order valence-corrected chi connectivity index (χ0v) is 16.2. The normalized spacial score (nSPS) is 18.4. The van der Waals surface area contributed by atoms with Crippen LogP contribution in [-0.4, -0.2) is 42.6 Å². The minimum atomic E-state index is -1.65. The van der Waals surface area contributed by atoms with Crippen molar-refractivity contribution in [1.82, 2.24) is 10.6 Å². The van der Waals surface area contributed by atoms with Gasteiger partial charge in [-0.25, -0.2) is 4.79 Å². The molecular weight excluding hydrogens is 372 g/mol. The van der Waals surface area contributed by atoms with Crippen molar-refractivity contribution >= 4 is 17.8 Å². The number of ether oxygens (including phenoxy) is 2. The topological polar surface area (TPSA) is 97.0 Å². The number of nitrogens with one attached hydrogen (secondary N) is 2. The second-order valence-electron chi connectivity index (χ2n) is 6.76. The zero-order valence-electron chi connectivity index (χ0n) is 16.2. The van der Waals surface area contributed by atoms with Gasteiger partial charge < -0.3 is 20.1 Å². The van der Waals surface area contributed by atoms with Gasteiger partial charge >= 0.3 is 5.97 Å². The smallest absolute Gasteiger partial charge is 0.350 e. The molecule has 1 aliphatic rings. The van der Waals surface area contributed by atoms with E-state index < -0.39 is 23.5 Å². The van der Waals surface area contributed by atoms with Crippen LogP contribution in [0.5, 0.6) is 0 Å². The van der Waals surface area contributed by atoms with Crippen molar-refractivity contribution in [3.63, 3.8) is 0 Å². The van der Waals surface area contributed by atoms with Crippen molar-refractivity contribution in [2.45, 2.75) is 31.5 Å². The first kappa shape index (κ1) is 20.5. The van der Waals surface area contributed by atoms with E-state index in [9.17, 15) is 14.4 Å². The Morgan fingerprint density at radius 2 is 1.62 bits per heavy atom. The van der Waals surface area contributed by atoms with E-state index in [1.165, 1.54) is 0 Å². The summed E-state index contributed by atoms with van der Waals surface area (Å²) in [5.41, 5.74) is 0.179. The third-order valence-electron chi connectivity index (χ3n) is 4.62. The summed E-state index contributed by atoms with van der Waals surface area (Å²) in [6.45, 7) is 2.07. The Kier molecular flexibility index (Phi) is 6.61. The number of esters is 1. The number of amides is 2. The summed E-state index contributed by atoms with van der Waals surface area (Å²) in [7, 11) is 0. The number of hydrogen-bond acceptors (Lipinski definition) is 5. The number of carbonyl (C=O) groups excluding carboxylic acids is 3. The Balaban J connectivity index is 1.69. The highest BCUT2D eigenvalue weighted by molar-refractivity contribution is 6.10. The van der Waals surface area contributed by atoms with E-state index in [1.807, 2.05) is 60.7 Å². The van der Waals surface area contributed by atoms with Crippen LogP contribution in [0.15, 0.2) is 60.7 Å². The lowest BCUT2D eigenvalue weighted by Gasteiger charge is -2.20. The molecule has 2 aromatic carbocycles. The van der Waals surface area contributed by atoms with E-state index in [0.717, 1.165) is 11.1 Å². The minimum absolute atomic E-state index is 0.0542. The molecule has 0 spiro atoms. The van der Waals surface area contributed by atoms with Gasteiger partial charge in [0.05, 0.1) is 13.2 Å². The molecule has 0 radical (unpaired) electrons. The molecular formula is C22H24N2O5. The predicted molar refractivity (Wildman–Crippen MR) is 106 cm³/mol. The molecule has 0 saturated carbocycles. The van der Waals surface area contributed by atoms with Gasteiger partial charge in [0.2, 0.25) is 5.91 Å². The lowest BCUT2D eigenvalue weighted by molar-refractivity contribution is -0.154. The van der Waals surface area contributed by atoms with Gasteiger partial charge in [-0.3, -0.25) is 9.59 Å². The summed E-state index contributed by atoms with van der Waals surface area (Å²) < 4.78 is 10.0. The fourth-order valence-electron chi connectivity index (χ4n) is 2.90. The molecule has 152 valence electrons. The summed E-state index contributed by atoms with van der Waals surface area (Å²) >= 11 is 0. The summed E-state index contributed by atoms with van der Waals surface area (Å²) in [5.74, 6) is -1.74. The Hall–Kier alpha value is -3.19. The predicted octanol–water partition coefficient (Wildman–Crippen LogP) is 1.36. The third kappa shape index (κ3) is 5.20. The van der Waals surface area contributed by atoms with E-state index in [-0.39, 0.29) is 25.5 Å². The van der Waals surface area contributed by atoms with E-state index in [4.69, 9.17) is 9.47 Å². The first-order chi connectivity index (χ1) is 14.0. The molecule has 29 heavy (non-hydrogen) atoms. The van der Waals surface area contributed by atoms with E-state index in [0.29, 0.717) is 6.54 Å². The molecule has 7 nitrogen and oxygen atoms in total. The zero-order chi connectivity index (χ0) is 20.7. The molecule has 1 fully saturated rings. The van der Waals surface area contributed by atoms with Crippen LogP contribution in [0.2, 0.25) is 0 Å². The first-order valence-electron chi connectivity index (χ1n) is 9.53.